The lowest BCUT2D eigenvalue weighted by molar-refractivity contribution is -0.384. The summed E-state index contributed by atoms with van der Waals surface area (Å²) in [5.41, 5.74) is 4.66. The molecule has 0 saturated heterocycles. The van der Waals surface area contributed by atoms with Gasteiger partial charge in [-0.25, -0.2) is 4.98 Å². The summed E-state index contributed by atoms with van der Waals surface area (Å²) in [6, 6.07) is 18.4. The highest BCUT2D eigenvalue weighted by Gasteiger charge is 2.11. The third-order valence-corrected chi connectivity index (χ3v) is 3.72. The normalized spacial score (nSPS) is 11.1. The van der Waals surface area contributed by atoms with E-state index in [-0.39, 0.29) is 5.69 Å². The van der Waals surface area contributed by atoms with Gasteiger partial charge in [0.05, 0.1) is 27.2 Å². The Kier molecular flexibility index (Phi) is 2.66. The maximum absolute atomic E-state index is 10.8. The van der Waals surface area contributed by atoms with E-state index in [9.17, 15) is 10.1 Å². The second-order valence-corrected chi connectivity index (χ2v) is 5.02. The fourth-order valence-electron chi connectivity index (χ4n) is 2.68. The fourth-order valence-corrected chi connectivity index (χ4v) is 2.68. The minimum absolute atomic E-state index is 0.0796. The molecule has 0 aliphatic heterocycles. The lowest BCUT2D eigenvalue weighted by Gasteiger charge is -2.08. The van der Waals surface area contributed by atoms with Crippen LogP contribution in [0, 0.1) is 10.1 Å². The largest absolute Gasteiger partial charge is 0.313 e. The highest BCUT2D eigenvalue weighted by atomic mass is 16.6. The molecular weight excluding hydrogens is 278 g/mol. The van der Waals surface area contributed by atoms with Crippen molar-refractivity contribution in [2.24, 2.45) is 0 Å². The van der Waals surface area contributed by atoms with Gasteiger partial charge in [0.25, 0.3) is 5.69 Å². The molecule has 22 heavy (non-hydrogen) atoms. The summed E-state index contributed by atoms with van der Waals surface area (Å²) in [5.74, 6) is 0. The molecule has 0 amide bonds. The van der Waals surface area contributed by atoms with Crippen molar-refractivity contribution >= 4 is 22.2 Å². The molecule has 2 heterocycles. The van der Waals surface area contributed by atoms with E-state index in [1.54, 1.807) is 12.1 Å². The summed E-state index contributed by atoms with van der Waals surface area (Å²) >= 11 is 0. The topological polar surface area (TPSA) is 60.4 Å². The molecule has 0 unspecified atom stereocenters. The summed E-state index contributed by atoms with van der Waals surface area (Å²) in [7, 11) is 0. The third kappa shape index (κ3) is 1.83. The fraction of sp³-hybridized carbons (Fsp3) is 0. The number of nitro groups is 1. The molecule has 0 saturated carbocycles. The molecule has 4 rings (SSSR count). The van der Waals surface area contributed by atoms with E-state index in [2.05, 4.69) is 4.40 Å². The van der Waals surface area contributed by atoms with Crippen molar-refractivity contribution in [3.8, 4) is 11.3 Å². The SMILES string of the molecule is O=[N+]([O-])c1ccc(-c2nc3ccccc3n3cccc23)cc1. The Balaban J connectivity index is 2.00. The molecule has 0 bridgehead atoms. The standard InChI is InChI=1S/C17H11N3O2/c21-20(22)13-9-7-12(8-10-13)17-16-6-3-11-19(16)15-5-2-1-4-14(15)18-17/h1-11H. The minimum Gasteiger partial charge on any atom is -0.313 e. The van der Waals surface area contributed by atoms with E-state index in [1.165, 1.54) is 12.1 Å². The van der Waals surface area contributed by atoms with Gasteiger partial charge in [-0.3, -0.25) is 10.1 Å². The van der Waals surface area contributed by atoms with E-state index < -0.39 is 4.92 Å². The molecule has 0 spiro atoms. The van der Waals surface area contributed by atoms with Crippen LogP contribution < -0.4 is 0 Å². The molecule has 0 N–H and O–H groups in total. The lowest BCUT2D eigenvalue weighted by atomic mass is 10.1. The van der Waals surface area contributed by atoms with Gasteiger partial charge in [-0.1, -0.05) is 12.1 Å². The first kappa shape index (κ1) is 12.5. The first-order valence-electron chi connectivity index (χ1n) is 6.85. The van der Waals surface area contributed by atoms with Gasteiger partial charge in [0.2, 0.25) is 0 Å². The maximum Gasteiger partial charge on any atom is 0.269 e. The zero-order valence-electron chi connectivity index (χ0n) is 11.5. The molecule has 2 aromatic heterocycles. The van der Waals surface area contributed by atoms with Gasteiger partial charge in [0.15, 0.2) is 0 Å². The van der Waals surface area contributed by atoms with Crippen LogP contribution in [0.15, 0.2) is 66.9 Å². The van der Waals surface area contributed by atoms with Gasteiger partial charge in [0, 0.05) is 23.9 Å². The molecule has 0 aliphatic carbocycles. The summed E-state index contributed by atoms with van der Waals surface area (Å²) in [6.45, 7) is 0. The Morgan fingerprint density at radius 2 is 1.64 bits per heavy atom. The first-order valence-corrected chi connectivity index (χ1v) is 6.85. The Morgan fingerprint density at radius 3 is 2.41 bits per heavy atom. The van der Waals surface area contributed by atoms with E-state index in [1.807, 2.05) is 42.6 Å². The first-order chi connectivity index (χ1) is 10.7. The Labute approximate surface area is 125 Å². The number of para-hydroxylation sites is 2. The third-order valence-electron chi connectivity index (χ3n) is 3.72. The maximum atomic E-state index is 10.8. The van der Waals surface area contributed by atoms with Crippen LogP contribution in [0.1, 0.15) is 0 Å². The molecule has 4 aromatic rings. The van der Waals surface area contributed by atoms with Crippen molar-refractivity contribution in [2.45, 2.75) is 0 Å². The van der Waals surface area contributed by atoms with Gasteiger partial charge < -0.3 is 4.40 Å². The number of non-ortho nitro benzene ring substituents is 1. The van der Waals surface area contributed by atoms with Crippen LogP contribution in [-0.2, 0) is 0 Å². The molecular formula is C17H11N3O2. The average molecular weight is 289 g/mol. The predicted molar refractivity (Wildman–Crippen MR) is 84.8 cm³/mol. The zero-order valence-corrected chi connectivity index (χ0v) is 11.5. The lowest BCUT2D eigenvalue weighted by Crippen LogP contribution is -1.94. The molecule has 5 nitrogen and oxygen atoms in total. The second kappa shape index (κ2) is 4.66. The number of rotatable bonds is 2. The molecule has 106 valence electrons. The van der Waals surface area contributed by atoms with Gasteiger partial charge in [-0.15, -0.1) is 0 Å². The van der Waals surface area contributed by atoms with E-state index >= 15 is 0 Å². The van der Waals surface area contributed by atoms with Crippen molar-refractivity contribution in [2.75, 3.05) is 0 Å². The monoisotopic (exact) mass is 289 g/mol. The second-order valence-electron chi connectivity index (χ2n) is 5.02. The highest BCUT2D eigenvalue weighted by Crippen LogP contribution is 2.28. The van der Waals surface area contributed by atoms with Gasteiger partial charge in [0.1, 0.15) is 0 Å². The smallest absolute Gasteiger partial charge is 0.269 e. The summed E-state index contributed by atoms with van der Waals surface area (Å²) in [4.78, 5) is 15.1. The van der Waals surface area contributed by atoms with E-state index in [4.69, 9.17) is 4.98 Å². The van der Waals surface area contributed by atoms with Crippen molar-refractivity contribution in [3.05, 3.63) is 77.0 Å². The number of nitro benzene ring substituents is 1. The quantitative estimate of drug-likeness (QED) is 0.413. The highest BCUT2D eigenvalue weighted by molar-refractivity contribution is 5.87. The van der Waals surface area contributed by atoms with Crippen LogP contribution in [0.25, 0.3) is 27.8 Å². The number of hydrogen-bond donors (Lipinski definition) is 0. The van der Waals surface area contributed by atoms with Crippen molar-refractivity contribution in [3.63, 3.8) is 0 Å². The van der Waals surface area contributed by atoms with Crippen LogP contribution in [0.2, 0.25) is 0 Å². The molecule has 0 atom stereocenters. The van der Waals surface area contributed by atoms with Crippen LogP contribution in [0.3, 0.4) is 0 Å². The van der Waals surface area contributed by atoms with Crippen LogP contribution in [-0.4, -0.2) is 14.3 Å². The van der Waals surface area contributed by atoms with Crippen molar-refractivity contribution in [1.82, 2.24) is 9.38 Å². The number of aromatic nitrogens is 2. The number of hydrogen-bond acceptors (Lipinski definition) is 3. The van der Waals surface area contributed by atoms with Gasteiger partial charge in [-0.2, -0.15) is 0 Å². The van der Waals surface area contributed by atoms with Gasteiger partial charge >= 0.3 is 0 Å². The predicted octanol–water partition coefficient (Wildman–Crippen LogP) is 4.06. The van der Waals surface area contributed by atoms with Crippen LogP contribution in [0.4, 0.5) is 5.69 Å². The minimum atomic E-state index is -0.398. The molecule has 0 fully saturated rings. The average Bonchev–Trinajstić information content (AvgIpc) is 3.04. The van der Waals surface area contributed by atoms with Crippen LogP contribution >= 0.6 is 0 Å². The summed E-state index contributed by atoms with van der Waals surface area (Å²) < 4.78 is 2.08. The molecule has 0 aliphatic rings. The van der Waals surface area contributed by atoms with Crippen molar-refractivity contribution < 1.29 is 4.92 Å². The Hall–Kier alpha value is -3.21. The van der Waals surface area contributed by atoms with Gasteiger partial charge in [-0.05, 0) is 36.4 Å². The van der Waals surface area contributed by atoms with E-state index in [0.29, 0.717) is 0 Å². The number of benzene rings is 2. The molecule has 0 radical (unpaired) electrons. The number of fused-ring (bicyclic) bond motifs is 3. The van der Waals surface area contributed by atoms with E-state index in [0.717, 1.165) is 27.8 Å². The zero-order chi connectivity index (χ0) is 15.1. The molecule has 5 heteroatoms. The van der Waals surface area contributed by atoms with Crippen LogP contribution in [0.5, 0.6) is 0 Å². The Bertz CT molecular complexity index is 1000. The Morgan fingerprint density at radius 1 is 0.909 bits per heavy atom. The summed E-state index contributed by atoms with van der Waals surface area (Å²) in [6.07, 6.45) is 1.99. The molecule has 2 aromatic carbocycles. The van der Waals surface area contributed by atoms with Crippen molar-refractivity contribution in [1.29, 1.82) is 0 Å². The summed E-state index contributed by atoms with van der Waals surface area (Å²) in [5, 5.41) is 10.8. The number of nitrogens with zero attached hydrogens (tertiary/aromatic N) is 3.